The van der Waals surface area contributed by atoms with E-state index in [9.17, 15) is 13.2 Å². The molecule has 4 aromatic rings. The van der Waals surface area contributed by atoms with Crippen molar-refractivity contribution in [1.82, 2.24) is 20.4 Å². The Kier molecular flexibility index (Phi) is 5.48. The number of amides is 1. The van der Waals surface area contributed by atoms with Gasteiger partial charge in [-0.25, -0.2) is 8.42 Å². The van der Waals surface area contributed by atoms with Crippen LogP contribution in [-0.4, -0.2) is 41.0 Å². The molecule has 0 atom stereocenters. The van der Waals surface area contributed by atoms with Gasteiger partial charge in [-0.05, 0) is 42.8 Å². The number of carbonyl (C=O) groups excluding carboxylic acids is 1. The normalized spacial score (nSPS) is 11.3. The lowest BCUT2D eigenvalue weighted by Crippen LogP contribution is -2.11. The second kappa shape index (κ2) is 8.24. The molecule has 0 spiro atoms. The van der Waals surface area contributed by atoms with Crippen LogP contribution >= 0.6 is 11.3 Å². The Morgan fingerprint density at radius 2 is 1.61 bits per heavy atom. The summed E-state index contributed by atoms with van der Waals surface area (Å²) in [7, 11) is -3.47. The average molecular weight is 457 g/mol. The Morgan fingerprint density at radius 1 is 0.935 bits per heavy atom. The zero-order chi connectivity index (χ0) is 22.0. The van der Waals surface area contributed by atoms with E-state index in [0.717, 1.165) is 28.7 Å². The Bertz CT molecular complexity index is 1350. The number of nitrogens with one attached hydrogen (secondary N) is 2. The minimum atomic E-state index is -3.47. The van der Waals surface area contributed by atoms with Crippen molar-refractivity contribution in [2.24, 2.45) is 0 Å². The molecule has 2 aromatic carbocycles. The minimum absolute atomic E-state index is 0.0639. The molecule has 0 bridgehead atoms. The van der Waals surface area contributed by atoms with E-state index in [-0.39, 0.29) is 10.3 Å². The lowest BCUT2D eigenvalue weighted by Gasteiger charge is -2.02. The molecule has 0 aliphatic carbocycles. The molecule has 0 fully saturated rings. The summed E-state index contributed by atoms with van der Waals surface area (Å²) in [5, 5.41) is 18.4. The van der Waals surface area contributed by atoms with E-state index in [0.29, 0.717) is 22.9 Å². The van der Waals surface area contributed by atoms with Gasteiger partial charge in [0.15, 0.2) is 0 Å². The lowest BCUT2D eigenvalue weighted by atomic mass is 10.1. The zero-order valence-corrected chi connectivity index (χ0v) is 18.0. The molecule has 4 rings (SSSR count). The number of carbonyl (C=O) groups is 1. The van der Waals surface area contributed by atoms with Crippen molar-refractivity contribution in [2.45, 2.75) is 6.92 Å². The van der Waals surface area contributed by atoms with E-state index < -0.39 is 15.9 Å². The summed E-state index contributed by atoms with van der Waals surface area (Å²) < 4.78 is 30.4. The first kappa shape index (κ1) is 20.6. The van der Waals surface area contributed by atoms with Gasteiger partial charge in [0, 0.05) is 16.7 Å². The third-order valence-electron chi connectivity index (χ3n) is 4.11. The first-order chi connectivity index (χ1) is 14.8. The van der Waals surface area contributed by atoms with Gasteiger partial charge in [0.05, 0.1) is 6.26 Å². The Morgan fingerprint density at radius 3 is 2.32 bits per heavy atom. The molecule has 2 N–H and O–H groups in total. The van der Waals surface area contributed by atoms with Gasteiger partial charge in [-0.1, -0.05) is 29.5 Å². The quantitative estimate of drug-likeness (QED) is 0.451. The maximum absolute atomic E-state index is 12.4. The molecular formula is C19H16N6O4S2. The van der Waals surface area contributed by atoms with Gasteiger partial charge in [-0.15, -0.1) is 20.4 Å². The van der Waals surface area contributed by atoms with Crippen LogP contribution in [0, 0.1) is 6.92 Å². The number of anilines is 2. The molecule has 2 aromatic heterocycles. The van der Waals surface area contributed by atoms with Gasteiger partial charge in [0.1, 0.15) is 0 Å². The second-order valence-electron chi connectivity index (χ2n) is 6.55. The fraction of sp³-hybridized carbons (Fsp3) is 0.105. The molecule has 0 aliphatic rings. The van der Waals surface area contributed by atoms with Gasteiger partial charge >= 0.3 is 0 Å². The average Bonchev–Trinajstić information content (AvgIpc) is 3.37. The van der Waals surface area contributed by atoms with Crippen LogP contribution in [0.1, 0.15) is 15.9 Å². The summed E-state index contributed by atoms with van der Waals surface area (Å²) in [6.07, 6.45) is 1.00. The van der Waals surface area contributed by atoms with E-state index in [1.54, 1.807) is 24.3 Å². The highest BCUT2D eigenvalue weighted by Gasteiger charge is 2.15. The molecule has 31 heavy (non-hydrogen) atoms. The number of rotatable bonds is 6. The van der Waals surface area contributed by atoms with E-state index in [2.05, 4.69) is 30.4 Å². The number of sulfonamides is 1. The van der Waals surface area contributed by atoms with Crippen molar-refractivity contribution in [3.8, 4) is 22.9 Å². The molecule has 12 heteroatoms. The first-order valence-electron chi connectivity index (χ1n) is 8.91. The Hall–Kier alpha value is -3.64. The number of hydrogen-bond acceptors (Lipinski definition) is 9. The van der Waals surface area contributed by atoms with E-state index >= 15 is 0 Å². The summed E-state index contributed by atoms with van der Waals surface area (Å²) in [6, 6.07) is 14.3. The molecule has 1 amide bonds. The number of hydrogen-bond donors (Lipinski definition) is 2. The van der Waals surface area contributed by atoms with Crippen molar-refractivity contribution in [2.75, 3.05) is 16.3 Å². The first-order valence-corrected chi connectivity index (χ1v) is 11.6. The largest absolute Gasteiger partial charge is 0.416 e. The van der Waals surface area contributed by atoms with Crippen LogP contribution < -0.4 is 10.0 Å². The molecular weight excluding hydrogens is 440 g/mol. The maximum Gasteiger partial charge on any atom is 0.257 e. The molecule has 0 aliphatic heterocycles. The molecule has 0 unspecified atom stereocenters. The van der Waals surface area contributed by atoms with Gasteiger partial charge in [0.25, 0.3) is 5.91 Å². The summed E-state index contributed by atoms with van der Waals surface area (Å²) in [5.41, 5.74) is 2.92. The van der Waals surface area contributed by atoms with Crippen molar-refractivity contribution < 1.29 is 17.6 Å². The number of aromatic nitrogens is 4. The summed E-state index contributed by atoms with van der Waals surface area (Å²) in [6.45, 7) is 1.96. The van der Waals surface area contributed by atoms with Gasteiger partial charge in [0.2, 0.25) is 32.1 Å². The smallest absolute Gasteiger partial charge is 0.257 e. The van der Waals surface area contributed by atoms with Crippen LogP contribution in [0.25, 0.3) is 22.9 Å². The minimum Gasteiger partial charge on any atom is -0.416 e. The fourth-order valence-corrected chi connectivity index (χ4v) is 4.14. The number of nitrogens with zero attached hydrogens (tertiary/aromatic N) is 4. The predicted octanol–water partition coefficient (Wildman–Crippen LogP) is 3.19. The molecule has 0 saturated carbocycles. The molecule has 158 valence electrons. The Labute approximate surface area is 181 Å². The van der Waals surface area contributed by atoms with Gasteiger partial charge in [-0.3, -0.25) is 14.8 Å². The maximum atomic E-state index is 12.4. The van der Waals surface area contributed by atoms with E-state index in [1.807, 2.05) is 31.2 Å². The van der Waals surface area contributed by atoms with Crippen LogP contribution in [-0.2, 0) is 10.0 Å². The third-order valence-corrected chi connectivity index (χ3v) is 5.56. The van der Waals surface area contributed by atoms with Crippen molar-refractivity contribution in [3.63, 3.8) is 0 Å². The SMILES string of the molecule is Cc1ccccc1-c1nnc(-c2ccc(C(=O)Nc3nnc(NS(C)(=O)=O)s3)cc2)o1. The second-order valence-corrected chi connectivity index (χ2v) is 9.27. The van der Waals surface area contributed by atoms with Gasteiger partial charge < -0.3 is 4.42 Å². The van der Waals surface area contributed by atoms with Crippen molar-refractivity contribution >= 4 is 37.5 Å². The highest BCUT2D eigenvalue weighted by atomic mass is 32.2. The lowest BCUT2D eigenvalue weighted by molar-refractivity contribution is 0.102. The third kappa shape index (κ3) is 4.92. The molecule has 2 heterocycles. The van der Waals surface area contributed by atoms with Crippen molar-refractivity contribution in [3.05, 3.63) is 59.7 Å². The fourth-order valence-electron chi connectivity index (χ4n) is 2.67. The monoisotopic (exact) mass is 456 g/mol. The van der Waals surface area contributed by atoms with E-state index in [1.165, 1.54) is 0 Å². The molecule has 0 saturated heterocycles. The van der Waals surface area contributed by atoms with Crippen molar-refractivity contribution in [1.29, 1.82) is 0 Å². The van der Waals surface area contributed by atoms with Gasteiger partial charge in [-0.2, -0.15) is 0 Å². The Balaban J connectivity index is 1.46. The van der Waals surface area contributed by atoms with Crippen LogP contribution in [0.5, 0.6) is 0 Å². The highest BCUT2D eigenvalue weighted by Crippen LogP contribution is 2.26. The van der Waals surface area contributed by atoms with Crippen LogP contribution in [0.4, 0.5) is 10.3 Å². The zero-order valence-electron chi connectivity index (χ0n) is 16.4. The van der Waals surface area contributed by atoms with Crippen LogP contribution in [0.3, 0.4) is 0 Å². The van der Waals surface area contributed by atoms with E-state index in [4.69, 9.17) is 4.42 Å². The molecule has 0 radical (unpaired) electrons. The summed E-state index contributed by atoms with van der Waals surface area (Å²) in [4.78, 5) is 12.4. The van der Waals surface area contributed by atoms with Crippen LogP contribution in [0.2, 0.25) is 0 Å². The number of benzene rings is 2. The number of aryl methyl sites for hydroxylation is 1. The summed E-state index contributed by atoms with van der Waals surface area (Å²) >= 11 is 0.907. The summed E-state index contributed by atoms with van der Waals surface area (Å²) in [5.74, 6) is 0.343. The molecule has 10 nitrogen and oxygen atoms in total. The van der Waals surface area contributed by atoms with Crippen LogP contribution in [0.15, 0.2) is 52.9 Å². The highest BCUT2D eigenvalue weighted by molar-refractivity contribution is 7.92. The topological polar surface area (TPSA) is 140 Å². The predicted molar refractivity (Wildman–Crippen MR) is 116 cm³/mol. The standard InChI is InChI=1S/C19H16N6O4S2/c1-11-5-3-4-6-14(11)17-22-21-16(29-17)13-9-7-12(8-10-13)15(26)20-18-23-24-19(30-18)25-31(2,27)28/h3-10H,1-2H3,(H,24,25)(H,20,23,26).